The van der Waals surface area contributed by atoms with Crippen LogP contribution in [0, 0.1) is 10.1 Å². The van der Waals surface area contributed by atoms with Gasteiger partial charge in [0, 0.05) is 23.7 Å². The number of ether oxygens (including phenoxy) is 1. The summed E-state index contributed by atoms with van der Waals surface area (Å²) in [7, 11) is -3.73. The minimum atomic E-state index is -3.73. The summed E-state index contributed by atoms with van der Waals surface area (Å²) in [6.45, 7) is 0. The number of rotatable bonds is 7. The first kappa shape index (κ1) is 24.2. The number of nitrogens with zero attached hydrogens (tertiary/aromatic N) is 2. The zero-order chi connectivity index (χ0) is 24.5. The second-order valence-electron chi connectivity index (χ2n) is 7.25. The van der Waals surface area contributed by atoms with Gasteiger partial charge >= 0.3 is 0 Å². The van der Waals surface area contributed by atoms with Gasteiger partial charge in [-0.2, -0.15) is 0 Å². The molecule has 0 saturated heterocycles. The van der Waals surface area contributed by atoms with E-state index in [1.807, 2.05) is 24.3 Å². The smallest absolute Gasteiger partial charge is 0.271 e. The summed E-state index contributed by atoms with van der Waals surface area (Å²) in [5.74, 6) is -0.100. The van der Waals surface area contributed by atoms with Crippen molar-refractivity contribution < 1.29 is 18.1 Å². The van der Waals surface area contributed by atoms with E-state index in [4.69, 9.17) is 39.5 Å². The zero-order valence-corrected chi connectivity index (χ0v) is 20.3. The van der Waals surface area contributed by atoms with Crippen molar-refractivity contribution in [2.75, 3.05) is 5.75 Å². The number of sulfone groups is 1. The maximum absolute atomic E-state index is 13.0. The van der Waals surface area contributed by atoms with Crippen LogP contribution in [0.4, 0.5) is 5.69 Å². The van der Waals surface area contributed by atoms with Crippen LogP contribution in [0.25, 0.3) is 10.9 Å². The molecule has 0 atom stereocenters. The number of hydrogen-bond acceptors (Lipinski definition) is 6. The number of para-hydroxylation sites is 1. The number of nitro benzene ring substituents is 1. The van der Waals surface area contributed by atoms with Crippen molar-refractivity contribution >= 4 is 61.2 Å². The highest BCUT2D eigenvalue weighted by Crippen LogP contribution is 2.41. The summed E-state index contributed by atoms with van der Waals surface area (Å²) in [5.41, 5.74) is 1.44. The van der Waals surface area contributed by atoms with Gasteiger partial charge in [-0.05, 0) is 42.3 Å². The van der Waals surface area contributed by atoms with Gasteiger partial charge in [-0.1, -0.05) is 53.0 Å². The van der Waals surface area contributed by atoms with E-state index < -0.39 is 14.8 Å². The van der Waals surface area contributed by atoms with E-state index >= 15 is 0 Å². The molecule has 0 bridgehead atoms. The Hall–Kier alpha value is -2.91. The van der Waals surface area contributed by atoms with Crippen LogP contribution in [-0.4, -0.2) is 24.1 Å². The highest BCUT2D eigenvalue weighted by molar-refractivity contribution is 7.91. The molecule has 0 fully saturated rings. The fraction of sp³-hybridized carbons (Fsp3) is 0.0870. The number of non-ortho nitro benzene ring substituents is 1. The van der Waals surface area contributed by atoms with E-state index in [9.17, 15) is 18.5 Å². The van der Waals surface area contributed by atoms with Gasteiger partial charge in [0.15, 0.2) is 15.6 Å². The average molecular weight is 538 g/mol. The number of halogens is 3. The predicted molar refractivity (Wildman–Crippen MR) is 132 cm³/mol. The Kier molecular flexibility index (Phi) is 6.95. The molecule has 0 unspecified atom stereocenters. The van der Waals surface area contributed by atoms with E-state index in [1.54, 1.807) is 12.3 Å². The molecule has 0 aliphatic heterocycles. The van der Waals surface area contributed by atoms with Gasteiger partial charge in [0.2, 0.25) is 0 Å². The molecule has 0 amide bonds. The van der Waals surface area contributed by atoms with Crippen LogP contribution < -0.4 is 4.74 Å². The van der Waals surface area contributed by atoms with Crippen LogP contribution in [0.2, 0.25) is 15.1 Å². The fourth-order valence-electron chi connectivity index (χ4n) is 3.34. The molecule has 7 nitrogen and oxygen atoms in total. The number of benzene rings is 3. The molecule has 1 heterocycles. The van der Waals surface area contributed by atoms with Gasteiger partial charge in [0.25, 0.3) is 5.69 Å². The molecule has 34 heavy (non-hydrogen) atoms. The predicted octanol–water partition coefficient (Wildman–Crippen LogP) is 6.91. The van der Waals surface area contributed by atoms with E-state index in [0.29, 0.717) is 0 Å². The first-order chi connectivity index (χ1) is 16.2. The summed E-state index contributed by atoms with van der Waals surface area (Å²) in [6.07, 6.45) is 1.92. The molecule has 0 aliphatic carbocycles. The van der Waals surface area contributed by atoms with Crippen LogP contribution >= 0.6 is 34.8 Å². The topological polar surface area (TPSA) is 99.4 Å². The summed E-state index contributed by atoms with van der Waals surface area (Å²) in [4.78, 5) is 14.5. The van der Waals surface area contributed by atoms with Crippen molar-refractivity contribution in [2.24, 2.45) is 0 Å². The largest absolute Gasteiger partial charge is 0.453 e. The third kappa shape index (κ3) is 5.10. The van der Waals surface area contributed by atoms with E-state index in [2.05, 4.69) is 4.98 Å². The number of hydrogen-bond donors (Lipinski definition) is 0. The zero-order valence-electron chi connectivity index (χ0n) is 17.2. The molecule has 0 aliphatic rings. The first-order valence-corrected chi connectivity index (χ1v) is 12.6. The third-order valence-electron chi connectivity index (χ3n) is 5.05. The Bertz CT molecular complexity index is 1500. The van der Waals surface area contributed by atoms with Crippen molar-refractivity contribution in [3.63, 3.8) is 0 Å². The molecule has 0 saturated carbocycles. The Morgan fingerprint density at radius 3 is 2.32 bits per heavy atom. The molecule has 4 rings (SSSR count). The van der Waals surface area contributed by atoms with Crippen LogP contribution in [-0.2, 0) is 16.3 Å². The maximum Gasteiger partial charge on any atom is 0.271 e. The molecular weight excluding hydrogens is 523 g/mol. The number of nitro groups is 1. The van der Waals surface area contributed by atoms with Crippen LogP contribution in [0.1, 0.15) is 5.56 Å². The van der Waals surface area contributed by atoms with Crippen molar-refractivity contribution in [1.82, 2.24) is 4.98 Å². The number of pyridine rings is 1. The van der Waals surface area contributed by atoms with Crippen molar-refractivity contribution in [2.45, 2.75) is 11.3 Å². The van der Waals surface area contributed by atoms with Crippen molar-refractivity contribution in [3.05, 3.63) is 97.6 Å². The Labute approximate surface area is 209 Å². The Morgan fingerprint density at radius 1 is 0.941 bits per heavy atom. The highest BCUT2D eigenvalue weighted by Gasteiger charge is 2.21. The molecule has 3 aromatic carbocycles. The molecule has 4 aromatic rings. The molecule has 11 heteroatoms. The summed E-state index contributed by atoms with van der Waals surface area (Å²) in [5, 5.41) is 11.6. The summed E-state index contributed by atoms with van der Waals surface area (Å²) < 4.78 is 31.7. The normalized spacial score (nSPS) is 11.5. The van der Waals surface area contributed by atoms with Gasteiger partial charge in [-0.3, -0.25) is 15.1 Å². The van der Waals surface area contributed by atoms with Crippen molar-refractivity contribution in [3.8, 4) is 11.5 Å². The number of aryl methyl sites for hydroxylation is 1. The van der Waals surface area contributed by atoms with Gasteiger partial charge in [-0.25, -0.2) is 8.42 Å². The van der Waals surface area contributed by atoms with Gasteiger partial charge in [0.05, 0.1) is 36.2 Å². The van der Waals surface area contributed by atoms with Crippen LogP contribution in [0.3, 0.4) is 0 Å². The quantitative estimate of drug-likeness (QED) is 0.187. The SMILES string of the molecule is O=[N+]([O-])c1ccc(Oc2c(Cl)cc(S(=O)(=O)CCc3ccnc4ccccc34)cc2Cl)c(Cl)c1. The van der Waals surface area contributed by atoms with Crippen LogP contribution in [0.5, 0.6) is 11.5 Å². The third-order valence-corrected chi connectivity index (χ3v) is 7.60. The van der Waals surface area contributed by atoms with Crippen LogP contribution in [0.15, 0.2) is 71.8 Å². The van der Waals surface area contributed by atoms with Gasteiger partial charge in [0.1, 0.15) is 5.75 Å². The molecular formula is C23H15Cl3N2O5S. The number of aromatic nitrogens is 1. The molecule has 0 spiro atoms. The molecule has 174 valence electrons. The summed E-state index contributed by atoms with van der Waals surface area (Å²) in [6, 6.07) is 15.4. The van der Waals surface area contributed by atoms with E-state index in [0.717, 1.165) is 22.5 Å². The highest BCUT2D eigenvalue weighted by atomic mass is 35.5. The van der Waals surface area contributed by atoms with E-state index in [-0.39, 0.29) is 49.3 Å². The second-order valence-corrected chi connectivity index (χ2v) is 10.6. The summed E-state index contributed by atoms with van der Waals surface area (Å²) >= 11 is 18.6. The molecule has 0 radical (unpaired) electrons. The number of fused-ring (bicyclic) bond motifs is 1. The lowest BCUT2D eigenvalue weighted by molar-refractivity contribution is -0.384. The minimum Gasteiger partial charge on any atom is -0.453 e. The monoisotopic (exact) mass is 536 g/mol. The lowest BCUT2D eigenvalue weighted by Crippen LogP contribution is -2.10. The first-order valence-electron chi connectivity index (χ1n) is 9.82. The van der Waals surface area contributed by atoms with E-state index in [1.165, 1.54) is 24.3 Å². The standard InChI is InChI=1S/C23H15Cl3N2O5S/c24-18-11-15(28(29)30)5-6-22(18)33-23-19(25)12-16(13-20(23)26)34(31,32)10-8-14-7-9-27-21-4-2-1-3-17(14)21/h1-7,9,11-13H,8,10H2. The Balaban J connectivity index is 1.57. The lowest BCUT2D eigenvalue weighted by atomic mass is 10.1. The van der Waals surface area contributed by atoms with Gasteiger partial charge < -0.3 is 4.74 Å². The fourth-order valence-corrected chi connectivity index (χ4v) is 5.57. The molecule has 0 N–H and O–H groups in total. The molecule has 1 aromatic heterocycles. The maximum atomic E-state index is 13.0. The second kappa shape index (κ2) is 9.76. The van der Waals surface area contributed by atoms with Gasteiger partial charge in [-0.15, -0.1) is 0 Å². The lowest BCUT2D eigenvalue weighted by Gasteiger charge is -2.13. The minimum absolute atomic E-state index is 0.0156. The van der Waals surface area contributed by atoms with Crippen molar-refractivity contribution in [1.29, 1.82) is 0 Å². The average Bonchev–Trinajstić information content (AvgIpc) is 2.80. The Morgan fingerprint density at radius 2 is 1.65 bits per heavy atom.